The van der Waals surface area contributed by atoms with E-state index in [9.17, 15) is 13.2 Å². The van der Waals surface area contributed by atoms with Crippen molar-refractivity contribution in [3.63, 3.8) is 0 Å². The average molecular weight is 421 g/mol. The molecule has 162 valence electrons. The number of hydrogen-bond donors (Lipinski definition) is 1. The van der Waals surface area contributed by atoms with Crippen LogP contribution in [0.1, 0.15) is 72.1 Å². The summed E-state index contributed by atoms with van der Waals surface area (Å²) < 4.78 is 27.6. The highest BCUT2D eigenvalue weighted by molar-refractivity contribution is 7.89. The SMILES string of the molecule is CC(C)(C)C1CCC(C(=O)Nc2cccc(S(=O)(=O)N3CCCCCC3)c2)CC1. The monoisotopic (exact) mass is 420 g/mol. The molecule has 2 aliphatic rings. The summed E-state index contributed by atoms with van der Waals surface area (Å²) in [5, 5.41) is 2.97. The number of anilines is 1. The van der Waals surface area contributed by atoms with Crippen LogP contribution >= 0.6 is 0 Å². The predicted octanol–water partition coefficient (Wildman–Crippen LogP) is 5.04. The lowest BCUT2D eigenvalue weighted by Gasteiger charge is -2.36. The molecule has 1 N–H and O–H groups in total. The number of nitrogens with one attached hydrogen (secondary N) is 1. The Kier molecular flexibility index (Phi) is 7.05. The Morgan fingerprint density at radius 2 is 1.62 bits per heavy atom. The van der Waals surface area contributed by atoms with Crippen LogP contribution in [0.15, 0.2) is 29.2 Å². The Morgan fingerprint density at radius 3 is 2.21 bits per heavy atom. The average Bonchev–Trinajstić information content (AvgIpc) is 2.98. The lowest BCUT2D eigenvalue weighted by Crippen LogP contribution is -2.32. The van der Waals surface area contributed by atoms with E-state index in [0.29, 0.717) is 24.7 Å². The van der Waals surface area contributed by atoms with Gasteiger partial charge in [-0.05, 0) is 68.1 Å². The van der Waals surface area contributed by atoms with Gasteiger partial charge in [0.25, 0.3) is 0 Å². The molecule has 1 aliphatic carbocycles. The van der Waals surface area contributed by atoms with Gasteiger partial charge < -0.3 is 5.32 Å². The first-order valence-corrected chi connectivity index (χ1v) is 12.5. The maximum absolute atomic E-state index is 13.0. The highest BCUT2D eigenvalue weighted by Gasteiger charge is 2.32. The van der Waals surface area contributed by atoms with E-state index in [1.54, 1.807) is 28.6 Å². The molecule has 1 heterocycles. The van der Waals surface area contributed by atoms with E-state index >= 15 is 0 Å². The Morgan fingerprint density at radius 1 is 1.00 bits per heavy atom. The minimum Gasteiger partial charge on any atom is -0.326 e. The number of hydrogen-bond acceptors (Lipinski definition) is 3. The van der Waals surface area contributed by atoms with Gasteiger partial charge >= 0.3 is 0 Å². The third-order valence-electron chi connectivity index (χ3n) is 6.63. The third kappa shape index (κ3) is 5.60. The fraction of sp³-hybridized carbons (Fsp3) is 0.696. The Bertz CT molecular complexity index is 798. The first-order chi connectivity index (χ1) is 13.7. The number of nitrogens with zero attached hydrogens (tertiary/aromatic N) is 1. The fourth-order valence-electron chi connectivity index (χ4n) is 4.63. The fourth-order valence-corrected chi connectivity index (χ4v) is 6.19. The molecule has 6 heteroatoms. The van der Waals surface area contributed by atoms with Crippen molar-refractivity contribution in [2.45, 2.75) is 77.0 Å². The molecule has 2 fully saturated rings. The molecule has 5 nitrogen and oxygen atoms in total. The van der Waals surface area contributed by atoms with Gasteiger partial charge in [-0.3, -0.25) is 4.79 Å². The van der Waals surface area contributed by atoms with Gasteiger partial charge in [-0.1, -0.05) is 39.7 Å². The molecule has 0 aromatic heterocycles. The minimum atomic E-state index is -3.51. The van der Waals surface area contributed by atoms with Gasteiger partial charge in [0, 0.05) is 24.7 Å². The van der Waals surface area contributed by atoms with Crippen LogP contribution in [-0.4, -0.2) is 31.7 Å². The molecule has 0 radical (unpaired) electrons. The molecule has 1 amide bonds. The molecule has 0 spiro atoms. The number of amides is 1. The van der Waals surface area contributed by atoms with Crippen molar-refractivity contribution in [1.29, 1.82) is 0 Å². The van der Waals surface area contributed by atoms with Gasteiger partial charge in [0.1, 0.15) is 0 Å². The van der Waals surface area contributed by atoms with Crippen molar-refractivity contribution in [3.8, 4) is 0 Å². The minimum absolute atomic E-state index is 0.0134. The van der Waals surface area contributed by atoms with Crippen molar-refractivity contribution in [1.82, 2.24) is 4.31 Å². The van der Waals surface area contributed by atoms with Gasteiger partial charge in [0.05, 0.1) is 4.90 Å². The highest BCUT2D eigenvalue weighted by atomic mass is 32.2. The highest BCUT2D eigenvalue weighted by Crippen LogP contribution is 2.40. The standard InChI is InChI=1S/C23H36N2O3S/c1-23(2,3)19-13-11-18(12-14-19)22(26)24-20-9-8-10-21(17-20)29(27,28)25-15-6-4-5-7-16-25/h8-10,17-19H,4-7,11-16H2,1-3H3,(H,24,26). The summed E-state index contributed by atoms with van der Waals surface area (Å²) >= 11 is 0. The number of rotatable bonds is 4. The molecule has 1 saturated carbocycles. The van der Waals surface area contributed by atoms with E-state index in [1.165, 1.54) is 0 Å². The molecule has 1 aromatic rings. The van der Waals surface area contributed by atoms with Gasteiger partial charge in [-0.25, -0.2) is 8.42 Å². The number of carbonyl (C=O) groups is 1. The van der Waals surface area contributed by atoms with Crippen LogP contribution in [0.25, 0.3) is 0 Å². The number of benzene rings is 1. The molecule has 0 atom stereocenters. The van der Waals surface area contributed by atoms with Gasteiger partial charge in [-0.15, -0.1) is 0 Å². The van der Waals surface area contributed by atoms with E-state index in [0.717, 1.165) is 51.4 Å². The Balaban J connectivity index is 1.65. The van der Waals surface area contributed by atoms with Crippen LogP contribution in [0.4, 0.5) is 5.69 Å². The van der Waals surface area contributed by atoms with E-state index in [1.807, 2.05) is 0 Å². The lowest BCUT2D eigenvalue weighted by atomic mass is 9.69. The summed E-state index contributed by atoms with van der Waals surface area (Å²) in [6.07, 6.45) is 7.94. The maximum Gasteiger partial charge on any atom is 0.243 e. The van der Waals surface area contributed by atoms with Crippen LogP contribution in [-0.2, 0) is 14.8 Å². The van der Waals surface area contributed by atoms with Crippen molar-refractivity contribution in [2.75, 3.05) is 18.4 Å². The summed E-state index contributed by atoms with van der Waals surface area (Å²) in [4.78, 5) is 13.0. The Labute approximate surface area is 176 Å². The second-order valence-electron chi connectivity index (χ2n) is 9.75. The van der Waals surface area contributed by atoms with Crippen molar-refractivity contribution >= 4 is 21.6 Å². The van der Waals surface area contributed by atoms with Gasteiger partial charge in [-0.2, -0.15) is 4.31 Å². The lowest BCUT2D eigenvalue weighted by molar-refractivity contribution is -0.121. The van der Waals surface area contributed by atoms with Crippen LogP contribution in [0.2, 0.25) is 0 Å². The molecule has 1 saturated heterocycles. The van der Waals surface area contributed by atoms with E-state index < -0.39 is 10.0 Å². The number of carbonyl (C=O) groups excluding carboxylic acids is 1. The zero-order valence-corrected chi connectivity index (χ0v) is 18.9. The smallest absolute Gasteiger partial charge is 0.243 e. The van der Waals surface area contributed by atoms with Crippen molar-refractivity contribution in [2.24, 2.45) is 17.3 Å². The third-order valence-corrected chi connectivity index (χ3v) is 8.52. The zero-order chi connectivity index (χ0) is 21.1. The summed E-state index contributed by atoms with van der Waals surface area (Å²) in [6.45, 7) is 7.98. The normalized spacial score (nSPS) is 24.7. The van der Waals surface area contributed by atoms with Crippen LogP contribution < -0.4 is 5.32 Å². The van der Waals surface area contributed by atoms with E-state index in [4.69, 9.17) is 0 Å². The summed E-state index contributed by atoms with van der Waals surface area (Å²) in [6, 6.07) is 6.74. The molecule has 0 unspecified atom stereocenters. The second-order valence-corrected chi connectivity index (χ2v) is 11.7. The molecule has 3 rings (SSSR count). The largest absolute Gasteiger partial charge is 0.326 e. The predicted molar refractivity (Wildman–Crippen MR) is 117 cm³/mol. The Hall–Kier alpha value is -1.40. The molecule has 0 bridgehead atoms. The molecular formula is C23H36N2O3S. The summed E-state index contributed by atoms with van der Waals surface area (Å²) in [5.41, 5.74) is 0.862. The van der Waals surface area contributed by atoms with Gasteiger partial charge in [0.2, 0.25) is 15.9 Å². The molecule has 1 aromatic carbocycles. The molecule has 1 aliphatic heterocycles. The van der Waals surface area contributed by atoms with Crippen LogP contribution in [0.3, 0.4) is 0 Å². The first kappa shape index (κ1) is 22.3. The first-order valence-electron chi connectivity index (χ1n) is 11.1. The molecule has 29 heavy (non-hydrogen) atoms. The summed E-state index contributed by atoms with van der Waals surface area (Å²) in [5.74, 6) is 0.690. The van der Waals surface area contributed by atoms with Crippen molar-refractivity contribution in [3.05, 3.63) is 24.3 Å². The van der Waals surface area contributed by atoms with Crippen LogP contribution in [0, 0.1) is 17.3 Å². The summed E-state index contributed by atoms with van der Waals surface area (Å²) in [7, 11) is -3.51. The van der Waals surface area contributed by atoms with E-state index in [2.05, 4.69) is 26.1 Å². The maximum atomic E-state index is 13.0. The zero-order valence-electron chi connectivity index (χ0n) is 18.1. The van der Waals surface area contributed by atoms with Gasteiger partial charge in [0.15, 0.2) is 0 Å². The second kappa shape index (κ2) is 9.17. The number of sulfonamides is 1. The van der Waals surface area contributed by atoms with E-state index in [-0.39, 0.29) is 22.1 Å². The quantitative estimate of drug-likeness (QED) is 0.742. The molecular weight excluding hydrogens is 384 g/mol. The van der Waals surface area contributed by atoms with Crippen LogP contribution in [0.5, 0.6) is 0 Å². The van der Waals surface area contributed by atoms with Crippen molar-refractivity contribution < 1.29 is 13.2 Å². The topological polar surface area (TPSA) is 66.5 Å².